The molecule has 0 saturated carbocycles. The number of anilines is 4. The largest absolute Gasteiger partial charge is 0.509 e. The van der Waals surface area contributed by atoms with Crippen LogP contribution in [0.25, 0.3) is 61.0 Å². The van der Waals surface area contributed by atoms with Crippen molar-refractivity contribution >= 4 is 44.6 Å². The molecular weight excluding hydrogens is 1020 g/mol. The number of ether oxygens (including phenoxy) is 1. The molecule has 69 heavy (non-hydrogen) atoms. The van der Waals surface area contributed by atoms with Crippen LogP contribution >= 0.6 is 0 Å². The molecule has 0 spiro atoms. The van der Waals surface area contributed by atoms with E-state index in [-0.39, 0.29) is 37.5 Å². The molecule has 2 aromatic heterocycles. The summed E-state index contributed by atoms with van der Waals surface area (Å²) < 4.78 is 34.6. The molecule has 0 fully saturated rings. The van der Waals surface area contributed by atoms with Crippen molar-refractivity contribution in [2.75, 3.05) is 9.80 Å². The molecule has 0 radical (unpaired) electrons. The fourth-order valence-corrected chi connectivity index (χ4v) is 9.39. The van der Waals surface area contributed by atoms with Gasteiger partial charge in [0.05, 0.1) is 0 Å². The van der Waals surface area contributed by atoms with E-state index in [0.717, 1.165) is 66.9 Å². The second-order valence-electron chi connectivity index (χ2n) is 19.6. The van der Waals surface area contributed by atoms with Gasteiger partial charge in [0.1, 0.15) is 5.82 Å². The Morgan fingerprint density at radius 1 is 0.536 bits per heavy atom. The molecule has 10 aromatic rings. The summed E-state index contributed by atoms with van der Waals surface area (Å²) in [5, 5.41) is 1.93. The first-order valence-corrected chi connectivity index (χ1v) is 23.2. The molecule has 3 heterocycles. The number of para-hydroxylation sites is 4. The van der Waals surface area contributed by atoms with Gasteiger partial charge in [-0.1, -0.05) is 174 Å². The van der Waals surface area contributed by atoms with E-state index in [2.05, 4.69) is 185 Å². The Hall–Kier alpha value is -7.20. The Balaban J connectivity index is 0.00000596. The Morgan fingerprint density at radius 2 is 1.12 bits per heavy atom. The van der Waals surface area contributed by atoms with Gasteiger partial charge in [0.15, 0.2) is 0 Å². The standard InChI is InChI=1S/C63H53N4O.Pt/c1-42-37-60(64-40-55(42)45-29-33-47(34-30-45)63(5,6)7)67-56-24-12-11-21-53(56)54-36-35-50(39-59(54)67)68-49-20-15-19-48(38-49)65-41-66(58-26-14-13-25-57(58)65)61-51(43-17-9-8-10-18-43)22-16-23-52(61)44-27-31-46(32-28-44)62(2,3)4;/h8-37,40-41H,1-7H3;/q-3;/i1D3;. The first kappa shape index (κ1) is 41.9. The van der Waals surface area contributed by atoms with Gasteiger partial charge < -0.3 is 19.1 Å². The predicted octanol–water partition coefficient (Wildman–Crippen LogP) is 16.9. The predicted molar refractivity (Wildman–Crippen MR) is 283 cm³/mol. The van der Waals surface area contributed by atoms with E-state index in [4.69, 9.17) is 13.8 Å². The Labute approximate surface area is 425 Å². The van der Waals surface area contributed by atoms with Gasteiger partial charge in [-0.2, -0.15) is 12.1 Å². The molecule has 5 nitrogen and oxygen atoms in total. The maximum absolute atomic E-state index is 8.66. The van der Waals surface area contributed by atoms with Gasteiger partial charge in [0.2, 0.25) is 0 Å². The second kappa shape index (κ2) is 18.0. The third kappa shape index (κ3) is 8.55. The van der Waals surface area contributed by atoms with E-state index in [0.29, 0.717) is 28.4 Å². The van der Waals surface area contributed by atoms with Gasteiger partial charge in [-0.05, 0) is 80.7 Å². The molecule has 1 aliphatic heterocycles. The summed E-state index contributed by atoms with van der Waals surface area (Å²) in [5.74, 6) is 1.47. The van der Waals surface area contributed by atoms with E-state index in [1.54, 1.807) is 12.3 Å². The average molecular weight is 1080 g/mol. The number of rotatable bonds is 8. The molecule has 0 N–H and O–H groups in total. The van der Waals surface area contributed by atoms with Crippen LogP contribution in [0.5, 0.6) is 11.5 Å². The number of benzene rings is 8. The summed E-state index contributed by atoms with van der Waals surface area (Å²) in [6, 6.07) is 69.4. The van der Waals surface area contributed by atoms with Crippen LogP contribution in [0, 0.1) is 25.7 Å². The zero-order valence-corrected chi connectivity index (χ0v) is 41.8. The van der Waals surface area contributed by atoms with Gasteiger partial charge in [-0.3, -0.25) is 0 Å². The zero-order valence-electron chi connectivity index (χ0n) is 42.5. The average Bonchev–Trinajstić information content (AvgIpc) is 3.91. The van der Waals surface area contributed by atoms with Crippen LogP contribution in [0.15, 0.2) is 188 Å². The van der Waals surface area contributed by atoms with Crippen molar-refractivity contribution in [3.63, 3.8) is 0 Å². The number of fused-ring (bicyclic) bond motifs is 4. The minimum Gasteiger partial charge on any atom is -0.509 e. The molecule has 6 heteroatoms. The summed E-state index contributed by atoms with van der Waals surface area (Å²) in [6.45, 7) is 13.0. The SMILES string of the molecule is [2H]C([2H])([2H])c1cc(-n2c3[c-]c(Oc4[c-]c(N5[CH-]N(c6c(-c7ccccc7)cccc6-c6ccc(C(C)(C)C)cc6)c6ccccc65)ccc4)ccc3c3ccccc32)ncc1-c1ccc(C(C)(C)C)cc1.[Pt]. The molecule has 8 aromatic carbocycles. The van der Waals surface area contributed by atoms with Gasteiger partial charge in [-0.15, -0.1) is 48.1 Å². The minimum atomic E-state index is -2.40. The Bertz CT molecular complexity index is 3610. The summed E-state index contributed by atoms with van der Waals surface area (Å²) in [5.41, 5.74) is 14.1. The van der Waals surface area contributed by atoms with Crippen LogP contribution in [0.2, 0.25) is 0 Å². The monoisotopic (exact) mass is 1080 g/mol. The van der Waals surface area contributed by atoms with Crippen molar-refractivity contribution in [2.24, 2.45) is 0 Å². The van der Waals surface area contributed by atoms with Crippen molar-refractivity contribution in [2.45, 2.75) is 59.2 Å². The van der Waals surface area contributed by atoms with Crippen LogP contribution in [0.3, 0.4) is 0 Å². The zero-order chi connectivity index (χ0) is 49.2. The quantitative estimate of drug-likeness (QED) is 0.142. The number of nitrogens with zero attached hydrogens (tertiary/aromatic N) is 4. The van der Waals surface area contributed by atoms with E-state index in [1.807, 2.05) is 65.2 Å². The topological polar surface area (TPSA) is 33.5 Å². The normalized spacial score (nSPS) is 13.4. The third-order valence-electron chi connectivity index (χ3n) is 13.0. The van der Waals surface area contributed by atoms with E-state index in [1.165, 1.54) is 11.1 Å². The van der Waals surface area contributed by atoms with Crippen LogP contribution in [-0.4, -0.2) is 9.55 Å². The van der Waals surface area contributed by atoms with Crippen molar-refractivity contribution in [3.05, 3.63) is 224 Å². The van der Waals surface area contributed by atoms with E-state index in [9.17, 15) is 0 Å². The number of pyridine rings is 1. The summed E-state index contributed by atoms with van der Waals surface area (Å²) in [4.78, 5) is 9.41. The molecule has 0 atom stereocenters. The van der Waals surface area contributed by atoms with Gasteiger partial charge in [-0.25, -0.2) is 4.98 Å². The molecule has 0 aliphatic carbocycles. The third-order valence-corrected chi connectivity index (χ3v) is 13.0. The second-order valence-corrected chi connectivity index (χ2v) is 19.6. The maximum Gasteiger partial charge on any atom is 0.135 e. The minimum absolute atomic E-state index is 0. The fourth-order valence-electron chi connectivity index (χ4n) is 9.39. The van der Waals surface area contributed by atoms with Crippen LogP contribution in [0.4, 0.5) is 22.7 Å². The van der Waals surface area contributed by atoms with Crippen molar-refractivity contribution < 1.29 is 29.9 Å². The molecule has 0 amide bonds. The molecule has 1 aliphatic rings. The number of aromatic nitrogens is 2. The number of hydrogen-bond acceptors (Lipinski definition) is 4. The smallest absolute Gasteiger partial charge is 0.135 e. The molecule has 0 unspecified atom stereocenters. The van der Waals surface area contributed by atoms with Crippen molar-refractivity contribution in [3.8, 4) is 50.7 Å². The number of hydrogen-bond donors (Lipinski definition) is 0. The van der Waals surface area contributed by atoms with Crippen LogP contribution < -0.4 is 14.5 Å². The first-order valence-electron chi connectivity index (χ1n) is 24.7. The number of aryl methyl sites for hydroxylation is 1. The van der Waals surface area contributed by atoms with Crippen LogP contribution in [0.1, 0.15) is 62.3 Å². The van der Waals surface area contributed by atoms with Crippen molar-refractivity contribution in [1.29, 1.82) is 0 Å². The van der Waals surface area contributed by atoms with Crippen LogP contribution in [-0.2, 0) is 31.9 Å². The molecular formula is C63H53N4OPt-3. The molecule has 0 bridgehead atoms. The Morgan fingerprint density at radius 3 is 1.78 bits per heavy atom. The van der Waals surface area contributed by atoms with E-state index < -0.39 is 6.85 Å². The fraction of sp³-hybridized carbons (Fsp3) is 0.143. The van der Waals surface area contributed by atoms with Crippen molar-refractivity contribution in [1.82, 2.24) is 9.55 Å². The van der Waals surface area contributed by atoms with E-state index >= 15 is 0 Å². The maximum atomic E-state index is 8.66. The summed E-state index contributed by atoms with van der Waals surface area (Å²) >= 11 is 0. The first-order chi connectivity index (χ1) is 34.1. The molecule has 0 saturated heterocycles. The van der Waals surface area contributed by atoms with Gasteiger partial charge in [0.25, 0.3) is 0 Å². The van der Waals surface area contributed by atoms with Gasteiger partial charge in [0, 0.05) is 82.1 Å². The summed E-state index contributed by atoms with van der Waals surface area (Å²) in [7, 11) is 0. The summed E-state index contributed by atoms with van der Waals surface area (Å²) in [6.07, 6.45) is 1.69. The molecule has 11 rings (SSSR count). The van der Waals surface area contributed by atoms with Gasteiger partial charge >= 0.3 is 0 Å². The Kier molecular flexibility index (Phi) is 11.0. The molecule has 344 valence electrons.